The molecule has 0 aromatic rings. The standard InChI is InChI=1S/C14H17/c1-2-4-6-8-10-12-14-13-11-9-7-5-3-1/h1-4,7-11H,5-6,12,14H2/b3-1+,4-2+,9-7-,10-8-,13-11?. The maximum Gasteiger partial charge on any atom is -0.0163 e. The number of hydrogen-bond donors (Lipinski definition) is 0. The van der Waals surface area contributed by atoms with Gasteiger partial charge in [-0.1, -0.05) is 54.7 Å². The van der Waals surface area contributed by atoms with Gasteiger partial charge in [0.1, 0.15) is 0 Å². The third-order valence-electron chi connectivity index (χ3n) is 1.90. The monoisotopic (exact) mass is 185 g/mol. The smallest absolute Gasteiger partial charge is 0.0163 e. The maximum atomic E-state index is 3.23. The Morgan fingerprint density at radius 3 is 2.29 bits per heavy atom. The molecule has 1 rings (SSSR count). The first-order valence-corrected chi connectivity index (χ1v) is 5.18. The number of allylic oxidation sites excluding steroid dienone is 10. The lowest BCUT2D eigenvalue weighted by molar-refractivity contribution is 1.02. The summed E-state index contributed by atoms with van der Waals surface area (Å²) in [5, 5.41) is 0. The summed E-state index contributed by atoms with van der Waals surface area (Å²) in [4.78, 5) is 0. The Bertz CT molecular complexity index is 262. The summed E-state index contributed by atoms with van der Waals surface area (Å²) in [5.41, 5.74) is 0. The van der Waals surface area contributed by atoms with E-state index in [1.54, 1.807) is 0 Å². The van der Waals surface area contributed by atoms with Crippen molar-refractivity contribution in [2.45, 2.75) is 25.7 Å². The molecule has 1 radical (unpaired) electrons. The molecule has 0 aliphatic heterocycles. The van der Waals surface area contributed by atoms with Crippen LogP contribution in [0.25, 0.3) is 0 Å². The predicted octanol–water partition coefficient (Wildman–Crippen LogP) is 4.14. The lowest BCUT2D eigenvalue weighted by atomic mass is 10.2. The van der Waals surface area contributed by atoms with Crippen LogP contribution in [0.2, 0.25) is 0 Å². The van der Waals surface area contributed by atoms with Crippen molar-refractivity contribution >= 4 is 0 Å². The molecule has 0 spiro atoms. The van der Waals surface area contributed by atoms with Gasteiger partial charge < -0.3 is 0 Å². The van der Waals surface area contributed by atoms with Crippen LogP contribution in [0.1, 0.15) is 25.7 Å². The van der Waals surface area contributed by atoms with E-state index in [0.29, 0.717) is 0 Å². The van der Waals surface area contributed by atoms with Gasteiger partial charge in [-0.15, -0.1) is 0 Å². The van der Waals surface area contributed by atoms with Gasteiger partial charge in [-0.25, -0.2) is 0 Å². The minimum absolute atomic E-state index is 0.998. The fourth-order valence-electron chi connectivity index (χ4n) is 1.15. The molecule has 0 nitrogen and oxygen atoms in total. The molecule has 0 amide bonds. The quantitative estimate of drug-likeness (QED) is 0.497. The van der Waals surface area contributed by atoms with Gasteiger partial charge in [0, 0.05) is 0 Å². The van der Waals surface area contributed by atoms with E-state index in [9.17, 15) is 0 Å². The zero-order chi connectivity index (χ0) is 9.90. The summed E-state index contributed by atoms with van der Waals surface area (Å²) in [6.07, 6.45) is 26.5. The molecule has 0 saturated carbocycles. The zero-order valence-electron chi connectivity index (χ0n) is 8.52. The first-order chi connectivity index (χ1) is 7.00. The molecule has 0 atom stereocenters. The largest absolute Gasteiger partial charge is 0.0879 e. The summed E-state index contributed by atoms with van der Waals surface area (Å²) < 4.78 is 0. The summed E-state index contributed by atoms with van der Waals surface area (Å²) in [6, 6.07) is 0. The van der Waals surface area contributed by atoms with Crippen molar-refractivity contribution in [3.63, 3.8) is 0 Å². The van der Waals surface area contributed by atoms with Crippen LogP contribution in [0.5, 0.6) is 0 Å². The molecule has 0 unspecified atom stereocenters. The van der Waals surface area contributed by atoms with Crippen LogP contribution in [-0.4, -0.2) is 0 Å². The summed E-state index contributed by atoms with van der Waals surface area (Å²) in [5.74, 6) is 0. The van der Waals surface area contributed by atoms with Crippen molar-refractivity contribution in [3.8, 4) is 0 Å². The maximum absolute atomic E-state index is 3.23. The van der Waals surface area contributed by atoms with Gasteiger partial charge in [0.25, 0.3) is 0 Å². The molecule has 73 valence electrons. The van der Waals surface area contributed by atoms with Gasteiger partial charge in [-0.05, 0) is 31.8 Å². The van der Waals surface area contributed by atoms with Crippen molar-refractivity contribution in [1.82, 2.24) is 0 Å². The molecule has 14 heavy (non-hydrogen) atoms. The highest BCUT2D eigenvalue weighted by Gasteiger charge is 1.77. The van der Waals surface area contributed by atoms with Gasteiger partial charge in [0.2, 0.25) is 0 Å². The molecule has 0 N–H and O–H groups in total. The lowest BCUT2D eigenvalue weighted by Crippen LogP contribution is -1.67. The topological polar surface area (TPSA) is 0 Å². The Morgan fingerprint density at radius 1 is 0.714 bits per heavy atom. The van der Waals surface area contributed by atoms with E-state index >= 15 is 0 Å². The van der Waals surface area contributed by atoms with Gasteiger partial charge >= 0.3 is 0 Å². The van der Waals surface area contributed by atoms with Gasteiger partial charge in [0.15, 0.2) is 0 Å². The van der Waals surface area contributed by atoms with E-state index in [2.05, 4.69) is 54.7 Å². The van der Waals surface area contributed by atoms with Crippen molar-refractivity contribution in [2.24, 2.45) is 0 Å². The highest BCUT2D eigenvalue weighted by molar-refractivity contribution is 5.09. The van der Waals surface area contributed by atoms with Crippen LogP contribution < -0.4 is 0 Å². The molecule has 0 aromatic heterocycles. The van der Waals surface area contributed by atoms with E-state index in [1.165, 1.54) is 0 Å². The van der Waals surface area contributed by atoms with Crippen LogP contribution in [-0.2, 0) is 0 Å². The second-order valence-corrected chi connectivity index (χ2v) is 3.14. The Morgan fingerprint density at radius 2 is 1.43 bits per heavy atom. The first kappa shape index (κ1) is 10.8. The molecule has 0 fully saturated rings. The van der Waals surface area contributed by atoms with Crippen LogP contribution in [0.3, 0.4) is 0 Å². The second-order valence-electron chi connectivity index (χ2n) is 3.14. The van der Waals surface area contributed by atoms with E-state index in [0.717, 1.165) is 25.7 Å². The summed E-state index contributed by atoms with van der Waals surface area (Å²) in [6.45, 7) is 0. The van der Waals surface area contributed by atoms with Crippen LogP contribution in [0, 0.1) is 6.08 Å². The molecular formula is C14H17. The van der Waals surface area contributed by atoms with Crippen molar-refractivity contribution < 1.29 is 0 Å². The van der Waals surface area contributed by atoms with Crippen LogP contribution in [0.4, 0.5) is 0 Å². The normalized spacial score (nSPS) is 29.7. The molecule has 0 aromatic carbocycles. The second kappa shape index (κ2) is 8.31. The molecule has 1 aliphatic rings. The molecule has 0 heterocycles. The zero-order valence-corrected chi connectivity index (χ0v) is 8.52. The average Bonchev–Trinajstić information content (AvgIpc) is 2.22. The minimum atomic E-state index is 0.998. The Hall–Kier alpha value is -1.30. The SMILES string of the molecule is [C]1=C/C=C\C/C=C/C=C/C/C=C\CC/1. The van der Waals surface area contributed by atoms with Crippen LogP contribution >= 0.6 is 0 Å². The Labute approximate surface area is 87.0 Å². The van der Waals surface area contributed by atoms with E-state index in [1.807, 2.05) is 6.08 Å². The van der Waals surface area contributed by atoms with E-state index in [4.69, 9.17) is 0 Å². The van der Waals surface area contributed by atoms with Crippen molar-refractivity contribution in [1.29, 1.82) is 0 Å². The van der Waals surface area contributed by atoms with Gasteiger partial charge in [-0.3, -0.25) is 0 Å². The summed E-state index contributed by atoms with van der Waals surface area (Å²) >= 11 is 0. The fourth-order valence-corrected chi connectivity index (χ4v) is 1.15. The molecule has 0 heteroatoms. The van der Waals surface area contributed by atoms with Gasteiger partial charge in [0.05, 0.1) is 0 Å². The first-order valence-electron chi connectivity index (χ1n) is 5.18. The lowest BCUT2D eigenvalue weighted by Gasteiger charge is -1.86. The van der Waals surface area contributed by atoms with Crippen LogP contribution in [0.15, 0.2) is 54.7 Å². The Kier molecular flexibility index (Phi) is 6.39. The third kappa shape index (κ3) is 6.24. The predicted molar refractivity (Wildman–Crippen MR) is 62.8 cm³/mol. The highest BCUT2D eigenvalue weighted by atomic mass is 13.8. The minimum Gasteiger partial charge on any atom is -0.0879 e. The Balaban J connectivity index is 2.45. The summed E-state index contributed by atoms with van der Waals surface area (Å²) in [7, 11) is 0. The number of rotatable bonds is 0. The van der Waals surface area contributed by atoms with Crippen molar-refractivity contribution in [2.75, 3.05) is 0 Å². The average molecular weight is 185 g/mol. The molecule has 0 saturated heterocycles. The third-order valence-corrected chi connectivity index (χ3v) is 1.90. The molecule has 1 aliphatic carbocycles. The van der Waals surface area contributed by atoms with Crippen molar-refractivity contribution in [3.05, 3.63) is 60.8 Å². The van der Waals surface area contributed by atoms with Gasteiger partial charge in [-0.2, -0.15) is 0 Å². The fraction of sp³-hybridized carbons (Fsp3) is 0.286. The highest BCUT2D eigenvalue weighted by Crippen LogP contribution is 1.97. The molecular weight excluding hydrogens is 168 g/mol. The van der Waals surface area contributed by atoms with E-state index < -0.39 is 0 Å². The van der Waals surface area contributed by atoms with E-state index in [-0.39, 0.29) is 0 Å². The number of hydrogen-bond acceptors (Lipinski definition) is 0. The molecule has 0 bridgehead atoms.